The summed E-state index contributed by atoms with van der Waals surface area (Å²) in [5.41, 5.74) is 1.02. The zero-order chi connectivity index (χ0) is 18.8. The Hall–Kier alpha value is -2.11. The molecular weight excluding hydrogens is 345 g/mol. The predicted octanol–water partition coefficient (Wildman–Crippen LogP) is 2.70. The lowest BCUT2D eigenvalue weighted by atomic mass is 9.98. The molecule has 1 aliphatic carbocycles. The largest absolute Gasteiger partial charge is 0.371 e. The molecule has 2 amide bonds. The van der Waals surface area contributed by atoms with E-state index in [4.69, 9.17) is 0 Å². The first-order chi connectivity index (χ1) is 13.1. The molecule has 2 aliphatic heterocycles. The van der Waals surface area contributed by atoms with Crippen LogP contribution in [0.3, 0.4) is 0 Å². The number of nitrogens with one attached hydrogen (secondary N) is 1. The second-order valence-corrected chi connectivity index (χ2v) is 8.06. The highest BCUT2D eigenvalue weighted by atomic mass is 19.1. The number of carbonyl (C=O) groups excluding carboxylic acids is 2. The van der Waals surface area contributed by atoms with E-state index < -0.39 is 0 Å². The van der Waals surface area contributed by atoms with Crippen molar-refractivity contribution in [1.82, 2.24) is 10.2 Å². The first kappa shape index (κ1) is 18.3. The molecule has 0 unspecified atom stereocenters. The molecule has 0 radical (unpaired) electrons. The number of hydrogen-bond acceptors (Lipinski definition) is 3. The average Bonchev–Trinajstić information content (AvgIpc) is 3.54. The van der Waals surface area contributed by atoms with Crippen molar-refractivity contribution in [3.05, 3.63) is 30.1 Å². The van der Waals surface area contributed by atoms with Crippen LogP contribution < -0.4 is 10.2 Å². The second kappa shape index (κ2) is 7.87. The van der Waals surface area contributed by atoms with Crippen molar-refractivity contribution >= 4 is 17.5 Å². The number of piperidine rings is 2. The molecule has 1 aromatic rings. The fourth-order valence-corrected chi connectivity index (χ4v) is 4.26. The Balaban J connectivity index is 1.30. The molecule has 27 heavy (non-hydrogen) atoms. The molecule has 1 N–H and O–H groups in total. The van der Waals surface area contributed by atoms with Gasteiger partial charge in [0.25, 0.3) is 0 Å². The fraction of sp³-hybridized carbons (Fsp3) is 0.619. The lowest BCUT2D eigenvalue weighted by molar-refractivity contribution is -0.143. The highest BCUT2D eigenvalue weighted by Crippen LogP contribution is 2.33. The summed E-state index contributed by atoms with van der Waals surface area (Å²) in [6, 6.07) is 6.43. The highest BCUT2D eigenvalue weighted by molar-refractivity contribution is 5.89. The molecule has 6 heteroatoms. The van der Waals surface area contributed by atoms with Crippen LogP contribution in [0.1, 0.15) is 44.9 Å². The monoisotopic (exact) mass is 373 g/mol. The third-order valence-electron chi connectivity index (χ3n) is 6.05. The quantitative estimate of drug-likeness (QED) is 0.883. The van der Waals surface area contributed by atoms with E-state index in [2.05, 4.69) is 10.2 Å². The summed E-state index contributed by atoms with van der Waals surface area (Å²) in [6.07, 6.45) is 6.47. The molecule has 3 aliphatic rings. The molecule has 4 rings (SSSR count). The average molecular weight is 373 g/mol. The molecule has 0 spiro atoms. The van der Waals surface area contributed by atoms with Crippen LogP contribution in [0.15, 0.2) is 24.3 Å². The van der Waals surface area contributed by atoms with Gasteiger partial charge in [-0.2, -0.15) is 0 Å². The number of carbonyl (C=O) groups is 2. The number of anilines is 1. The van der Waals surface area contributed by atoms with Crippen molar-refractivity contribution in [3.63, 3.8) is 0 Å². The van der Waals surface area contributed by atoms with E-state index in [1.54, 1.807) is 12.1 Å². The minimum absolute atomic E-state index is 0.0175. The van der Waals surface area contributed by atoms with E-state index in [1.807, 2.05) is 4.90 Å². The number of halogens is 1. The topological polar surface area (TPSA) is 52.7 Å². The molecular formula is C21H28FN3O2. The molecule has 1 atom stereocenters. The van der Waals surface area contributed by atoms with E-state index >= 15 is 0 Å². The first-order valence-corrected chi connectivity index (χ1v) is 10.2. The Morgan fingerprint density at radius 2 is 1.63 bits per heavy atom. The van der Waals surface area contributed by atoms with Crippen LogP contribution in [0.5, 0.6) is 0 Å². The standard InChI is InChI=1S/C21H28FN3O2/c22-16-6-8-18(9-7-16)24-13-10-17(11-14-24)23-20(26)19-3-1-2-12-25(19)21(27)15-4-5-15/h6-9,15,17,19H,1-5,10-14H2,(H,23,26)/t19-/m1/s1. The number of amides is 2. The van der Waals surface area contributed by atoms with Crippen LogP contribution in [-0.4, -0.2) is 48.4 Å². The van der Waals surface area contributed by atoms with E-state index in [0.717, 1.165) is 70.3 Å². The van der Waals surface area contributed by atoms with Crippen LogP contribution in [0.4, 0.5) is 10.1 Å². The SMILES string of the molecule is O=C(NC1CCN(c2ccc(F)cc2)CC1)[C@H]1CCCCN1C(=O)C1CC1. The summed E-state index contributed by atoms with van der Waals surface area (Å²) in [6.45, 7) is 2.40. The van der Waals surface area contributed by atoms with Crippen molar-refractivity contribution < 1.29 is 14.0 Å². The third-order valence-corrected chi connectivity index (χ3v) is 6.05. The molecule has 1 aromatic carbocycles. The van der Waals surface area contributed by atoms with Crippen LogP contribution in [0.2, 0.25) is 0 Å². The van der Waals surface area contributed by atoms with Gasteiger partial charge in [-0.25, -0.2) is 4.39 Å². The maximum absolute atomic E-state index is 13.1. The third kappa shape index (κ3) is 4.25. The lowest BCUT2D eigenvalue weighted by Gasteiger charge is -2.38. The van der Waals surface area contributed by atoms with Crippen LogP contribution in [0, 0.1) is 11.7 Å². The van der Waals surface area contributed by atoms with Crippen molar-refractivity contribution in [2.45, 2.75) is 57.0 Å². The van der Waals surface area contributed by atoms with E-state index in [-0.39, 0.29) is 35.6 Å². The summed E-state index contributed by atoms with van der Waals surface area (Å²) in [7, 11) is 0. The Morgan fingerprint density at radius 1 is 0.926 bits per heavy atom. The van der Waals surface area contributed by atoms with Gasteiger partial charge in [-0.1, -0.05) is 0 Å². The van der Waals surface area contributed by atoms with Gasteiger partial charge in [0.05, 0.1) is 0 Å². The summed E-state index contributed by atoms with van der Waals surface area (Å²) < 4.78 is 13.1. The maximum atomic E-state index is 13.1. The van der Waals surface area contributed by atoms with E-state index in [1.165, 1.54) is 12.1 Å². The van der Waals surface area contributed by atoms with Crippen LogP contribution in [0.25, 0.3) is 0 Å². The predicted molar refractivity (Wildman–Crippen MR) is 102 cm³/mol. The zero-order valence-electron chi connectivity index (χ0n) is 15.7. The van der Waals surface area contributed by atoms with Gasteiger partial charge >= 0.3 is 0 Å². The molecule has 2 saturated heterocycles. The number of nitrogens with zero attached hydrogens (tertiary/aromatic N) is 2. The van der Waals surface area contributed by atoms with Crippen molar-refractivity contribution in [1.29, 1.82) is 0 Å². The van der Waals surface area contributed by atoms with Crippen molar-refractivity contribution in [2.75, 3.05) is 24.5 Å². The van der Waals surface area contributed by atoms with Crippen LogP contribution >= 0.6 is 0 Å². The first-order valence-electron chi connectivity index (χ1n) is 10.2. The molecule has 2 heterocycles. The Morgan fingerprint density at radius 3 is 2.30 bits per heavy atom. The lowest BCUT2D eigenvalue weighted by Crippen LogP contribution is -2.55. The number of benzene rings is 1. The number of rotatable bonds is 4. The molecule has 3 fully saturated rings. The minimum atomic E-state index is -0.290. The summed E-state index contributed by atoms with van der Waals surface area (Å²) in [4.78, 5) is 29.4. The van der Waals surface area contributed by atoms with Gasteiger partial charge in [-0.3, -0.25) is 9.59 Å². The summed E-state index contributed by atoms with van der Waals surface area (Å²) >= 11 is 0. The van der Waals surface area contributed by atoms with E-state index in [9.17, 15) is 14.0 Å². The van der Waals surface area contributed by atoms with Gasteiger partial charge < -0.3 is 15.1 Å². The van der Waals surface area contributed by atoms with Gasteiger partial charge in [0.1, 0.15) is 11.9 Å². The summed E-state index contributed by atoms with van der Waals surface area (Å²) in [5, 5.41) is 3.19. The van der Waals surface area contributed by atoms with Crippen molar-refractivity contribution in [2.24, 2.45) is 5.92 Å². The molecule has 5 nitrogen and oxygen atoms in total. The second-order valence-electron chi connectivity index (χ2n) is 8.06. The normalized spacial score (nSPS) is 24.0. The van der Waals surface area contributed by atoms with Gasteiger partial charge in [0, 0.05) is 37.3 Å². The fourth-order valence-electron chi connectivity index (χ4n) is 4.26. The minimum Gasteiger partial charge on any atom is -0.371 e. The highest BCUT2D eigenvalue weighted by Gasteiger charge is 2.40. The Bertz CT molecular complexity index is 681. The molecule has 146 valence electrons. The zero-order valence-corrected chi connectivity index (χ0v) is 15.7. The maximum Gasteiger partial charge on any atom is 0.243 e. The smallest absolute Gasteiger partial charge is 0.243 e. The Labute approximate surface area is 159 Å². The van der Waals surface area contributed by atoms with Gasteiger partial charge in [0.15, 0.2) is 0 Å². The van der Waals surface area contributed by atoms with Gasteiger partial charge in [0.2, 0.25) is 11.8 Å². The van der Waals surface area contributed by atoms with Crippen molar-refractivity contribution in [3.8, 4) is 0 Å². The molecule has 0 bridgehead atoms. The molecule has 1 saturated carbocycles. The van der Waals surface area contributed by atoms with Crippen LogP contribution in [-0.2, 0) is 9.59 Å². The number of likely N-dealkylation sites (tertiary alicyclic amines) is 1. The summed E-state index contributed by atoms with van der Waals surface area (Å²) in [5.74, 6) is 0.140. The van der Waals surface area contributed by atoms with E-state index in [0.29, 0.717) is 0 Å². The Kier molecular flexibility index (Phi) is 5.32. The van der Waals surface area contributed by atoms with Gasteiger partial charge in [-0.15, -0.1) is 0 Å². The molecule has 0 aromatic heterocycles. The van der Waals surface area contributed by atoms with Gasteiger partial charge in [-0.05, 0) is 69.2 Å². The number of hydrogen-bond donors (Lipinski definition) is 1.